The van der Waals surface area contributed by atoms with Crippen molar-refractivity contribution in [3.8, 4) is 0 Å². The molecule has 1 aromatic rings. The summed E-state index contributed by atoms with van der Waals surface area (Å²) < 4.78 is 0. The average molecular weight is 208 g/mol. The highest BCUT2D eigenvalue weighted by atomic mass is 16.4. The molecule has 1 aliphatic heterocycles. The van der Waals surface area contributed by atoms with Gasteiger partial charge in [-0.05, 0) is 12.1 Å². The number of aromatic nitrogens is 1. The van der Waals surface area contributed by atoms with Crippen LogP contribution in [0.3, 0.4) is 0 Å². The number of amides is 1. The van der Waals surface area contributed by atoms with E-state index in [1.807, 2.05) is 0 Å². The molecule has 6 nitrogen and oxygen atoms in total. The van der Waals surface area contributed by atoms with Crippen LogP contribution in [0.15, 0.2) is 30.6 Å². The van der Waals surface area contributed by atoms with E-state index < -0.39 is 17.7 Å². The number of H-pyrrole nitrogens is 1. The van der Waals surface area contributed by atoms with E-state index >= 15 is 0 Å². The monoisotopic (exact) mass is 208 g/mol. The first-order valence-electron chi connectivity index (χ1n) is 3.99. The number of ketones is 1. The number of aromatic carboxylic acids is 1. The summed E-state index contributed by atoms with van der Waals surface area (Å²) >= 11 is 0. The highest BCUT2D eigenvalue weighted by Crippen LogP contribution is 1.91. The lowest BCUT2D eigenvalue weighted by atomic mass is 10.4. The number of rotatable bonds is 1. The van der Waals surface area contributed by atoms with E-state index in [0.29, 0.717) is 0 Å². The molecule has 0 saturated heterocycles. The molecule has 1 aliphatic rings. The van der Waals surface area contributed by atoms with Gasteiger partial charge < -0.3 is 15.4 Å². The van der Waals surface area contributed by atoms with Gasteiger partial charge in [0.15, 0.2) is 0 Å². The molecule has 2 heterocycles. The van der Waals surface area contributed by atoms with Crippen molar-refractivity contribution in [2.75, 3.05) is 0 Å². The van der Waals surface area contributed by atoms with Crippen molar-refractivity contribution in [3.05, 3.63) is 36.3 Å². The molecule has 0 saturated carbocycles. The van der Waals surface area contributed by atoms with Crippen LogP contribution in [0.4, 0.5) is 0 Å². The Morgan fingerprint density at radius 3 is 2.27 bits per heavy atom. The third-order valence-corrected chi connectivity index (χ3v) is 1.50. The van der Waals surface area contributed by atoms with E-state index in [9.17, 15) is 14.4 Å². The molecule has 0 spiro atoms. The summed E-state index contributed by atoms with van der Waals surface area (Å²) in [7, 11) is 0. The largest absolute Gasteiger partial charge is 0.477 e. The number of carboxylic acids is 1. The van der Waals surface area contributed by atoms with Crippen LogP contribution in [-0.2, 0) is 9.59 Å². The van der Waals surface area contributed by atoms with Crippen molar-refractivity contribution in [1.29, 1.82) is 0 Å². The van der Waals surface area contributed by atoms with Crippen molar-refractivity contribution in [2.24, 2.45) is 0 Å². The van der Waals surface area contributed by atoms with E-state index in [1.54, 1.807) is 12.3 Å². The van der Waals surface area contributed by atoms with Crippen LogP contribution in [0.5, 0.6) is 0 Å². The molecular formula is C9H8N2O4. The molecule has 0 aliphatic carbocycles. The Hall–Kier alpha value is -2.37. The number of hydrogen-bond acceptors (Lipinski definition) is 3. The molecule has 0 fully saturated rings. The van der Waals surface area contributed by atoms with Gasteiger partial charge in [-0.2, -0.15) is 0 Å². The number of nitrogens with one attached hydrogen (secondary N) is 2. The van der Waals surface area contributed by atoms with Crippen LogP contribution in [0.1, 0.15) is 10.5 Å². The summed E-state index contributed by atoms with van der Waals surface area (Å²) in [6.07, 6.45) is 4.09. The highest BCUT2D eigenvalue weighted by molar-refractivity contribution is 6.42. The molecule has 0 unspecified atom stereocenters. The minimum Gasteiger partial charge on any atom is -0.477 e. The van der Waals surface area contributed by atoms with E-state index in [2.05, 4.69) is 10.3 Å². The van der Waals surface area contributed by atoms with Gasteiger partial charge in [0.05, 0.1) is 0 Å². The highest BCUT2D eigenvalue weighted by Gasteiger charge is 2.12. The van der Waals surface area contributed by atoms with Gasteiger partial charge in [-0.1, -0.05) is 0 Å². The Kier molecular flexibility index (Phi) is 3.39. The van der Waals surface area contributed by atoms with E-state index in [1.165, 1.54) is 18.3 Å². The zero-order valence-electron chi connectivity index (χ0n) is 7.56. The predicted octanol–water partition coefficient (Wildman–Crippen LogP) is -0.0881. The second-order valence-electron chi connectivity index (χ2n) is 2.56. The maximum atomic E-state index is 10.1. The zero-order chi connectivity index (χ0) is 11.3. The molecule has 0 bridgehead atoms. The molecule has 78 valence electrons. The maximum absolute atomic E-state index is 10.1. The second kappa shape index (κ2) is 4.75. The van der Waals surface area contributed by atoms with Gasteiger partial charge in [0.1, 0.15) is 5.69 Å². The fourth-order valence-electron chi connectivity index (χ4n) is 0.803. The Labute approximate surface area is 84.6 Å². The van der Waals surface area contributed by atoms with Gasteiger partial charge >= 0.3 is 5.97 Å². The Morgan fingerprint density at radius 1 is 1.33 bits per heavy atom. The number of carbonyl (C=O) groups is 3. The quantitative estimate of drug-likeness (QED) is 0.561. The Bertz CT molecular complexity index is 406. The molecule has 15 heavy (non-hydrogen) atoms. The SMILES string of the molecule is O=C(O)c1ccc[nH]1.O=C1C=CNC1=O. The molecule has 1 aromatic heterocycles. The smallest absolute Gasteiger partial charge is 0.352 e. The van der Waals surface area contributed by atoms with Gasteiger partial charge in [-0.25, -0.2) is 4.79 Å². The van der Waals surface area contributed by atoms with Crippen LogP contribution in [0.2, 0.25) is 0 Å². The van der Waals surface area contributed by atoms with Crippen LogP contribution < -0.4 is 5.32 Å². The predicted molar refractivity (Wildman–Crippen MR) is 50.0 cm³/mol. The lowest BCUT2D eigenvalue weighted by Gasteiger charge is -1.80. The third-order valence-electron chi connectivity index (χ3n) is 1.50. The third kappa shape index (κ3) is 3.11. The molecule has 1 amide bonds. The topological polar surface area (TPSA) is 99.3 Å². The summed E-state index contributed by atoms with van der Waals surface area (Å²) in [5.74, 6) is -1.94. The van der Waals surface area contributed by atoms with Gasteiger partial charge in [0, 0.05) is 18.5 Å². The fourth-order valence-corrected chi connectivity index (χ4v) is 0.803. The summed E-state index contributed by atoms with van der Waals surface area (Å²) in [5, 5.41) is 10.4. The van der Waals surface area contributed by atoms with Gasteiger partial charge in [0.25, 0.3) is 5.91 Å². The summed E-state index contributed by atoms with van der Waals surface area (Å²) in [6.45, 7) is 0. The fraction of sp³-hybridized carbons (Fsp3) is 0. The molecular weight excluding hydrogens is 200 g/mol. The first-order valence-corrected chi connectivity index (χ1v) is 3.99. The molecule has 0 aromatic carbocycles. The van der Waals surface area contributed by atoms with E-state index in [0.717, 1.165) is 0 Å². The maximum Gasteiger partial charge on any atom is 0.352 e. The molecule has 6 heteroatoms. The molecule has 0 atom stereocenters. The van der Waals surface area contributed by atoms with Crippen molar-refractivity contribution < 1.29 is 19.5 Å². The first-order chi connectivity index (χ1) is 7.11. The van der Waals surface area contributed by atoms with Crippen molar-refractivity contribution >= 4 is 17.7 Å². The second-order valence-corrected chi connectivity index (χ2v) is 2.56. The van der Waals surface area contributed by atoms with Gasteiger partial charge in [0.2, 0.25) is 5.78 Å². The molecule has 0 radical (unpaired) electrons. The van der Waals surface area contributed by atoms with Gasteiger partial charge in [-0.15, -0.1) is 0 Å². The van der Waals surface area contributed by atoms with Crippen LogP contribution in [-0.4, -0.2) is 27.8 Å². The Morgan fingerprint density at radius 2 is 2.07 bits per heavy atom. The summed E-state index contributed by atoms with van der Waals surface area (Å²) in [5.41, 5.74) is 0.227. The minimum absolute atomic E-state index is 0.227. The van der Waals surface area contributed by atoms with Crippen molar-refractivity contribution in [3.63, 3.8) is 0 Å². The lowest BCUT2D eigenvalue weighted by molar-refractivity contribution is -0.133. The lowest BCUT2D eigenvalue weighted by Crippen LogP contribution is -2.17. The average Bonchev–Trinajstić information content (AvgIpc) is 2.80. The van der Waals surface area contributed by atoms with Gasteiger partial charge in [-0.3, -0.25) is 9.59 Å². The van der Waals surface area contributed by atoms with Crippen LogP contribution >= 0.6 is 0 Å². The zero-order valence-corrected chi connectivity index (χ0v) is 7.56. The standard InChI is InChI=1S/C5H5NO2.C4H3NO2/c7-5(8)4-2-1-3-6-4;6-3-1-2-5-4(3)7/h1-3,6H,(H,7,8);1-2H,(H,5,6,7). The molecule has 3 N–H and O–H groups in total. The van der Waals surface area contributed by atoms with E-state index in [-0.39, 0.29) is 5.69 Å². The Balaban J connectivity index is 0.000000151. The number of hydrogen-bond donors (Lipinski definition) is 3. The number of carbonyl (C=O) groups excluding carboxylic acids is 2. The number of carboxylic acid groups (broad SMARTS) is 1. The van der Waals surface area contributed by atoms with E-state index in [4.69, 9.17) is 5.11 Å². The number of aromatic amines is 1. The van der Waals surface area contributed by atoms with Crippen molar-refractivity contribution in [2.45, 2.75) is 0 Å². The summed E-state index contributed by atoms with van der Waals surface area (Å²) in [4.78, 5) is 32.7. The van der Waals surface area contributed by atoms with Crippen LogP contribution in [0, 0.1) is 0 Å². The normalized spacial score (nSPS) is 13.1. The first kappa shape index (κ1) is 10.7. The minimum atomic E-state index is -0.921. The van der Waals surface area contributed by atoms with Crippen LogP contribution in [0.25, 0.3) is 0 Å². The molecule has 2 rings (SSSR count). The van der Waals surface area contributed by atoms with Crippen molar-refractivity contribution in [1.82, 2.24) is 10.3 Å². The summed E-state index contributed by atoms with van der Waals surface area (Å²) in [6, 6.07) is 3.14.